The predicted molar refractivity (Wildman–Crippen MR) is 50.7 cm³/mol. The number of rotatable bonds is 4. The van der Waals surface area contributed by atoms with Crippen molar-refractivity contribution in [3.05, 3.63) is 24.0 Å². The van der Waals surface area contributed by atoms with Crippen LogP contribution in [-0.2, 0) is 0 Å². The molecule has 1 rings (SSSR count). The van der Waals surface area contributed by atoms with Crippen LogP contribution in [0.1, 0.15) is 31.6 Å². The SMILES string of the molecule is CCCC(O)c1ncccc1OC. The molecule has 1 atom stereocenters. The number of nitrogens with zero attached hydrogens (tertiary/aromatic N) is 1. The van der Waals surface area contributed by atoms with Gasteiger partial charge in [-0.15, -0.1) is 0 Å². The van der Waals surface area contributed by atoms with Gasteiger partial charge in [0.15, 0.2) is 0 Å². The van der Waals surface area contributed by atoms with Gasteiger partial charge < -0.3 is 9.84 Å². The Balaban J connectivity index is 2.85. The van der Waals surface area contributed by atoms with Crippen LogP contribution in [0, 0.1) is 0 Å². The lowest BCUT2D eigenvalue weighted by Crippen LogP contribution is -2.02. The molecule has 1 aromatic heterocycles. The van der Waals surface area contributed by atoms with Gasteiger partial charge in [-0.3, -0.25) is 4.98 Å². The van der Waals surface area contributed by atoms with Crippen molar-refractivity contribution < 1.29 is 9.84 Å². The van der Waals surface area contributed by atoms with E-state index in [0.717, 1.165) is 6.42 Å². The van der Waals surface area contributed by atoms with Gasteiger partial charge in [0.1, 0.15) is 11.4 Å². The molecule has 0 aliphatic carbocycles. The first-order valence-electron chi connectivity index (χ1n) is 4.46. The van der Waals surface area contributed by atoms with Crippen molar-refractivity contribution in [3.63, 3.8) is 0 Å². The molecule has 3 nitrogen and oxygen atoms in total. The number of hydrogen-bond donors (Lipinski definition) is 1. The molecule has 0 spiro atoms. The molecule has 0 aliphatic heterocycles. The molecule has 0 amide bonds. The number of aliphatic hydroxyl groups excluding tert-OH is 1. The number of aromatic nitrogens is 1. The molecule has 0 bridgehead atoms. The van der Waals surface area contributed by atoms with Crippen molar-refractivity contribution in [2.24, 2.45) is 0 Å². The van der Waals surface area contributed by atoms with E-state index in [1.165, 1.54) is 0 Å². The van der Waals surface area contributed by atoms with Crippen LogP contribution in [0.2, 0.25) is 0 Å². The lowest BCUT2D eigenvalue weighted by Gasteiger charge is -2.11. The highest BCUT2D eigenvalue weighted by Gasteiger charge is 2.12. The predicted octanol–water partition coefficient (Wildman–Crippen LogP) is 1.92. The highest BCUT2D eigenvalue weighted by Crippen LogP contribution is 2.24. The molecule has 0 aliphatic rings. The average Bonchev–Trinajstić information content (AvgIpc) is 2.18. The highest BCUT2D eigenvalue weighted by molar-refractivity contribution is 5.28. The van der Waals surface area contributed by atoms with Crippen molar-refractivity contribution in [2.45, 2.75) is 25.9 Å². The fourth-order valence-electron chi connectivity index (χ4n) is 1.24. The van der Waals surface area contributed by atoms with E-state index in [-0.39, 0.29) is 0 Å². The summed E-state index contributed by atoms with van der Waals surface area (Å²) >= 11 is 0. The second-order valence-electron chi connectivity index (χ2n) is 2.90. The van der Waals surface area contributed by atoms with Gasteiger partial charge >= 0.3 is 0 Å². The molecule has 0 saturated heterocycles. The van der Waals surface area contributed by atoms with Gasteiger partial charge in [-0.1, -0.05) is 13.3 Å². The zero-order chi connectivity index (χ0) is 9.68. The van der Waals surface area contributed by atoms with Crippen LogP contribution in [-0.4, -0.2) is 17.2 Å². The summed E-state index contributed by atoms with van der Waals surface area (Å²) in [5.74, 6) is 0.656. The Morgan fingerprint density at radius 2 is 2.38 bits per heavy atom. The zero-order valence-electron chi connectivity index (χ0n) is 8.03. The third-order valence-corrected chi connectivity index (χ3v) is 1.90. The van der Waals surface area contributed by atoms with Crippen LogP contribution in [0.3, 0.4) is 0 Å². The largest absolute Gasteiger partial charge is 0.495 e. The average molecular weight is 181 g/mol. The Hall–Kier alpha value is -1.09. The van der Waals surface area contributed by atoms with Crippen molar-refractivity contribution in [1.82, 2.24) is 4.98 Å². The number of hydrogen-bond acceptors (Lipinski definition) is 3. The zero-order valence-corrected chi connectivity index (χ0v) is 8.03. The van der Waals surface area contributed by atoms with Crippen molar-refractivity contribution in [3.8, 4) is 5.75 Å². The van der Waals surface area contributed by atoms with Crippen molar-refractivity contribution in [1.29, 1.82) is 0 Å². The van der Waals surface area contributed by atoms with Gasteiger partial charge in [0, 0.05) is 6.20 Å². The molecule has 0 fully saturated rings. The van der Waals surface area contributed by atoms with Gasteiger partial charge in [-0.05, 0) is 18.6 Å². The molecule has 72 valence electrons. The standard InChI is InChI=1S/C10H15NO2/c1-3-5-8(12)10-9(13-2)6-4-7-11-10/h4,6-8,12H,3,5H2,1-2H3. The Labute approximate surface area is 78.4 Å². The number of methoxy groups -OCH3 is 1. The Kier molecular flexibility index (Phi) is 3.71. The third-order valence-electron chi connectivity index (χ3n) is 1.90. The van der Waals surface area contributed by atoms with E-state index in [2.05, 4.69) is 4.98 Å². The number of aliphatic hydroxyl groups is 1. The summed E-state index contributed by atoms with van der Waals surface area (Å²) < 4.78 is 5.09. The smallest absolute Gasteiger partial charge is 0.143 e. The summed E-state index contributed by atoms with van der Waals surface area (Å²) in [6, 6.07) is 3.60. The van der Waals surface area contributed by atoms with E-state index in [0.29, 0.717) is 17.9 Å². The van der Waals surface area contributed by atoms with E-state index < -0.39 is 6.10 Å². The second kappa shape index (κ2) is 4.82. The molecule has 3 heteroatoms. The molecule has 1 unspecified atom stereocenters. The van der Waals surface area contributed by atoms with Gasteiger partial charge in [0.25, 0.3) is 0 Å². The first kappa shape index (κ1) is 9.99. The maximum atomic E-state index is 9.69. The quantitative estimate of drug-likeness (QED) is 0.771. The molecule has 1 heterocycles. The number of pyridine rings is 1. The lowest BCUT2D eigenvalue weighted by atomic mass is 10.1. The second-order valence-corrected chi connectivity index (χ2v) is 2.90. The van der Waals surface area contributed by atoms with Gasteiger partial charge in [-0.25, -0.2) is 0 Å². The molecule has 13 heavy (non-hydrogen) atoms. The third kappa shape index (κ3) is 2.42. The summed E-state index contributed by atoms with van der Waals surface area (Å²) in [5.41, 5.74) is 0.631. The van der Waals surface area contributed by atoms with E-state index in [1.54, 1.807) is 25.4 Å². The van der Waals surface area contributed by atoms with Crippen LogP contribution in [0.5, 0.6) is 5.75 Å². The van der Waals surface area contributed by atoms with E-state index in [4.69, 9.17) is 4.74 Å². The summed E-state index contributed by atoms with van der Waals surface area (Å²) in [6.45, 7) is 2.03. The Morgan fingerprint density at radius 3 is 3.00 bits per heavy atom. The fourth-order valence-corrected chi connectivity index (χ4v) is 1.24. The number of ether oxygens (including phenoxy) is 1. The minimum atomic E-state index is -0.513. The van der Waals surface area contributed by atoms with Gasteiger partial charge in [0.2, 0.25) is 0 Å². The summed E-state index contributed by atoms with van der Waals surface area (Å²) in [7, 11) is 1.58. The summed E-state index contributed by atoms with van der Waals surface area (Å²) in [4.78, 5) is 4.09. The molecular weight excluding hydrogens is 166 g/mol. The van der Waals surface area contributed by atoms with Gasteiger partial charge in [-0.2, -0.15) is 0 Å². The Morgan fingerprint density at radius 1 is 1.62 bits per heavy atom. The fraction of sp³-hybridized carbons (Fsp3) is 0.500. The van der Waals surface area contributed by atoms with Crippen molar-refractivity contribution in [2.75, 3.05) is 7.11 Å². The maximum Gasteiger partial charge on any atom is 0.143 e. The lowest BCUT2D eigenvalue weighted by molar-refractivity contribution is 0.157. The Bertz CT molecular complexity index is 263. The molecule has 1 N–H and O–H groups in total. The molecular formula is C10H15NO2. The minimum Gasteiger partial charge on any atom is -0.495 e. The van der Waals surface area contributed by atoms with E-state index in [1.807, 2.05) is 6.92 Å². The van der Waals surface area contributed by atoms with E-state index >= 15 is 0 Å². The van der Waals surface area contributed by atoms with Crippen LogP contribution in [0.25, 0.3) is 0 Å². The monoisotopic (exact) mass is 181 g/mol. The normalized spacial score (nSPS) is 12.5. The molecule has 0 radical (unpaired) electrons. The van der Waals surface area contributed by atoms with Crippen molar-refractivity contribution >= 4 is 0 Å². The van der Waals surface area contributed by atoms with Gasteiger partial charge in [0.05, 0.1) is 13.2 Å². The first-order chi connectivity index (χ1) is 6.29. The van der Waals surface area contributed by atoms with Crippen LogP contribution in [0.15, 0.2) is 18.3 Å². The summed E-state index contributed by atoms with van der Waals surface area (Å²) in [6.07, 6.45) is 2.80. The highest BCUT2D eigenvalue weighted by atomic mass is 16.5. The minimum absolute atomic E-state index is 0.513. The molecule has 0 aromatic carbocycles. The topological polar surface area (TPSA) is 42.4 Å². The maximum absolute atomic E-state index is 9.69. The molecule has 1 aromatic rings. The summed E-state index contributed by atoms with van der Waals surface area (Å²) in [5, 5.41) is 9.69. The first-order valence-corrected chi connectivity index (χ1v) is 4.46. The molecule has 0 saturated carbocycles. The van der Waals surface area contributed by atoms with Crippen LogP contribution < -0.4 is 4.74 Å². The van der Waals surface area contributed by atoms with Crippen LogP contribution in [0.4, 0.5) is 0 Å². The van der Waals surface area contributed by atoms with Crippen LogP contribution >= 0.6 is 0 Å². The van der Waals surface area contributed by atoms with E-state index in [9.17, 15) is 5.11 Å².